The Balaban J connectivity index is 2.10. The number of aliphatic imine (C=N–C) groups is 1. The van der Waals surface area contributed by atoms with E-state index < -0.39 is 0 Å². The second-order valence-corrected chi connectivity index (χ2v) is 2.33. The highest BCUT2D eigenvalue weighted by atomic mass is 16.5. The summed E-state index contributed by atoms with van der Waals surface area (Å²) in [4.78, 5) is 3.92. The molecule has 0 aromatic heterocycles. The minimum absolute atomic E-state index is 0.378. The Morgan fingerprint density at radius 1 is 1.75 bits per heavy atom. The number of rotatable bonds is 0. The summed E-state index contributed by atoms with van der Waals surface area (Å²) >= 11 is 0. The van der Waals surface area contributed by atoms with Gasteiger partial charge in [-0.05, 0) is 6.42 Å². The molecular weight excluding hydrogens is 104 g/mol. The van der Waals surface area contributed by atoms with Crippen LogP contribution in [-0.2, 0) is 4.74 Å². The summed E-state index contributed by atoms with van der Waals surface area (Å²) in [5.74, 6) is 0.697. The molecule has 2 N–H and O–H groups in total. The van der Waals surface area contributed by atoms with E-state index in [4.69, 9.17) is 10.5 Å². The quantitative estimate of drug-likeness (QED) is 0.468. The normalized spacial score (nSPS) is 41.8. The van der Waals surface area contributed by atoms with Gasteiger partial charge < -0.3 is 10.5 Å². The fourth-order valence-electron chi connectivity index (χ4n) is 0.956. The molecule has 2 aliphatic rings. The maximum absolute atomic E-state index is 5.28. The number of nitrogens with zero attached hydrogens (tertiary/aromatic N) is 1. The van der Waals surface area contributed by atoms with Gasteiger partial charge in [-0.25, -0.2) is 4.99 Å². The molecule has 1 aliphatic heterocycles. The summed E-state index contributed by atoms with van der Waals surface area (Å²) in [6, 6.07) is 0.378. The summed E-state index contributed by atoms with van der Waals surface area (Å²) in [5, 5.41) is 0. The molecule has 0 aromatic rings. The van der Waals surface area contributed by atoms with E-state index in [1.165, 1.54) is 0 Å². The molecule has 3 nitrogen and oxygen atoms in total. The third kappa shape index (κ3) is 0.472. The molecule has 0 saturated heterocycles. The van der Waals surface area contributed by atoms with Crippen molar-refractivity contribution in [3.8, 4) is 0 Å². The molecule has 0 bridgehead atoms. The lowest BCUT2D eigenvalue weighted by Crippen LogP contribution is -2.22. The van der Waals surface area contributed by atoms with Crippen molar-refractivity contribution in [2.24, 2.45) is 16.6 Å². The molecule has 0 radical (unpaired) electrons. The Hall–Kier alpha value is -0.730. The zero-order valence-corrected chi connectivity index (χ0v) is 4.50. The highest BCUT2D eigenvalue weighted by molar-refractivity contribution is 5.72. The molecular formula is C5H8N2O. The maximum atomic E-state index is 5.28. The van der Waals surface area contributed by atoms with Crippen molar-refractivity contribution in [3.05, 3.63) is 0 Å². The zero-order valence-electron chi connectivity index (χ0n) is 4.50. The highest BCUT2D eigenvalue weighted by Gasteiger charge is 2.42. The van der Waals surface area contributed by atoms with Crippen LogP contribution < -0.4 is 5.73 Å². The molecule has 1 aliphatic carbocycles. The summed E-state index contributed by atoms with van der Waals surface area (Å²) in [7, 11) is 0. The zero-order chi connectivity index (χ0) is 5.56. The van der Waals surface area contributed by atoms with E-state index in [0.717, 1.165) is 13.0 Å². The first-order valence-corrected chi connectivity index (χ1v) is 2.83. The Labute approximate surface area is 47.5 Å². The van der Waals surface area contributed by atoms with Crippen molar-refractivity contribution >= 4 is 6.02 Å². The Bertz CT molecular complexity index is 143. The standard InChI is InChI=1S/C5H8N2O/c6-5-7-2-3-1-4(3)8-5/h3-4H,1-2H2,(H2,6,7). The molecule has 8 heavy (non-hydrogen) atoms. The molecule has 2 unspecified atom stereocenters. The smallest absolute Gasteiger partial charge is 0.282 e. The second kappa shape index (κ2) is 1.16. The first-order chi connectivity index (χ1) is 3.86. The van der Waals surface area contributed by atoms with E-state index >= 15 is 0 Å². The van der Waals surface area contributed by atoms with Gasteiger partial charge in [0, 0.05) is 5.92 Å². The van der Waals surface area contributed by atoms with Crippen molar-refractivity contribution in [1.82, 2.24) is 0 Å². The van der Waals surface area contributed by atoms with Gasteiger partial charge in [-0.2, -0.15) is 0 Å². The van der Waals surface area contributed by atoms with Gasteiger partial charge in [-0.3, -0.25) is 0 Å². The number of hydrogen-bond acceptors (Lipinski definition) is 3. The minimum Gasteiger partial charge on any atom is -0.462 e. The first-order valence-electron chi connectivity index (χ1n) is 2.83. The van der Waals surface area contributed by atoms with E-state index in [-0.39, 0.29) is 0 Å². The van der Waals surface area contributed by atoms with Gasteiger partial charge in [-0.15, -0.1) is 0 Å². The monoisotopic (exact) mass is 112 g/mol. The lowest BCUT2D eigenvalue weighted by Gasteiger charge is -2.07. The molecule has 2 atom stereocenters. The molecule has 1 saturated carbocycles. The number of nitrogens with two attached hydrogens (primary N) is 1. The number of hydrogen-bond donors (Lipinski definition) is 1. The predicted molar refractivity (Wildman–Crippen MR) is 29.5 cm³/mol. The molecule has 44 valence electrons. The Morgan fingerprint density at radius 2 is 2.62 bits per heavy atom. The van der Waals surface area contributed by atoms with Crippen LogP contribution >= 0.6 is 0 Å². The molecule has 3 heteroatoms. The topological polar surface area (TPSA) is 47.6 Å². The molecule has 0 spiro atoms. The van der Waals surface area contributed by atoms with Crippen LogP contribution in [0.1, 0.15) is 6.42 Å². The van der Waals surface area contributed by atoms with Gasteiger partial charge in [0.25, 0.3) is 6.02 Å². The Morgan fingerprint density at radius 3 is 3.25 bits per heavy atom. The van der Waals surface area contributed by atoms with Crippen LogP contribution in [0.5, 0.6) is 0 Å². The lowest BCUT2D eigenvalue weighted by molar-refractivity contribution is 0.253. The highest BCUT2D eigenvalue weighted by Crippen LogP contribution is 2.35. The fourth-order valence-corrected chi connectivity index (χ4v) is 0.956. The largest absolute Gasteiger partial charge is 0.462 e. The predicted octanol–water partition coefficient (Wildman–Crippen LogP) is -0.280. The summed E-state index contributed by atoms with van der Waals surface area (Å²) in [6.45, 7) is 0.885. The van der Waals surface area contributed by atoms with Crippen LogP contribution in [0.4, 0.5) is 0 Å². The van der Waals surface area contributed by atoms with Gasteiger partial charge in [0.15, 0.2) is 0 Å². The maximum Gasteiger partial charge on any atom is 0.282 e. The van der Waals surface area contributed by atoms with Gasteiger partial charge in [0.05, 0.1) is 6.54 Å². The van der Waals surface area contributed by atoms with E-state index in [1.807, 2.05) is 0 Å². The minimum atomic E-state index is 0.378. The van der Waals surface area contributed by atoms with Crippen molar-refractivity contribution in [1.29, 1.82) is 0 Å². The molecule has 0 amide bonds. The number of ether oxygens (including phenoxy) is 1. The van der Waals surface area contributed by atoms with E-state index in [0.29, 0.717) is 18.0 Å². The van der Waals surface area contributed by atoms with Crippen LogP contribution in [0.2, 0.25) is 0 Å². The number of fused-ring (bicyclic) bond motifs is 1. The van der Waals surface area contributed by atoms with Gasteiger partial charge in [0.2, 0.25) is 0 Å². The van der Waals surface area contributed by atoms with Crippen LogP contribution in [0.3, 0.4) is 0 Å². The van der Waals surface area contributed by atoms with Gasteiger partial charge in [0.1, 0.15) is 6.10 Å². The van der Waals surface area contributed by atoms with Gasteiger partial charge >= 0.3 is 0 Å². The van der Waals surface area contributed by atoms with Gasteiger partial charge in [-0.1, -0.05) is 0 Å². The van der Waals surface area contributed by atoms with E-state index in [9.17, 15) is 0 Å². The summed E-state index contributed by atoms with van der Waals surface area (Å²) in [6.07, 6.45) is 1.58. The van der Waals surface area contributed by atoms with Crippen LogP contribution in [-0.4, -0.2) is 18.7 Å². The molecule has 1 heterocycles. The van der Waals surface area contributed by atoms with E-state index in [1.54, 1.807) is 0 Å². The lowest BCUT2D eigenvalue weighted by atomic mass is 10.4. The van der Waals surface area contributed by atoms with Crippen LogP contribution in [0, 0.1) is 5.92 Å². The van der Waals surface area contributed by atoms with Crippen LogP contribution in [0.25, 0.3) is 0 Å². The van der Waals surface area contributed by atoms with Crippen molar-refractivity contribution in [3.63, 3.8) is 0 Å². The average Bonchev–Trinajstić information content (AvgIpc) is 2.43. The third-order valence-corrected chi connectivity index (χ3v) is 1.61. The summed E-state index contributed by atoms with van der Waals surface area (Å²) in [5.41, 5.74) is 5.28. The van der Waals surface area contributed by atoms with E-state index in [2.05, 4.69) is 4.99 Å². The van der Waals surface area contributed by atoms with Crippen molar-refractivity contribution < 1.29 is 4.74 Å². The molecule has 0 aromatic carbocycles. The first kappa shape index (κ1) is 4.18. The number of amidine groups is 1. The third-order valence-electron chi connectivity index (χ3n) is 1.61. The molecule has 1 fully saturated rings. The SMILES string of the molecule is NC1=NCC2CC2O1. The van der Waals surface area contributed by atoms with Crippen LogP contribution in [0.15, 0.2) is 4.99 Å². The summed E-state index contributed by atoms with van der Waals surface area (Å²) < 4.78 is 5.09. The van der Waals surface area contributed by atoms with Crippen molar-refractivity contribution in [2.45, 2.75) is 12.5 Å². The second-order valence-electron chi connectivity index (χ2n) is 2.33. The fraction of sp³-hybridized carbons (Fsp3) is 0.800. The average molecular weight is 112 g/mol. The van der Waals surface area contributed by atoms with Crippen molar-refractivity contribution in [2.75, 3.05) is 6.54 Å². The molecule has 2 rings (SSSR count). The Kier molecular flexibility index (Phi) is 0.604.